The van der Waals surface area contributed by atoms with Gasteiger partial charge in [-0.1, -0.05) is 60.4 Å². The van der Waals surface area contributed by atoms with E-state index in [1.807, 2.05) is 34.6 Å². The topological polar surface area (TPSA) is 651 Å². The molecule has 1 aliphatic rings. The van der Waals surface area contributed by atoms with E-state index in [1.165, 1.54) is 0 Å². The van der Waals surface area contributed by atoms with Crippen molar-refractivity contribution in [3.63, 3.8) is 0 Å². The second kappa shape index (κ2) is 71.8. The zero-order valence-electron chi connectivity index (χ0n) is 77.3. The summed E-state index contributed by atoms with van der Waals surface area (Å²) in [5.74, 6) is -13.8. The molecule has 133 heavy (non-hydrogen) atoms. The van der Waals surface area contributed by atoms with E-state index < -0.39 is 161 Å². The van der Waals surface area contributed by atoms with Gasteiger partial charge in [-0.25, -0.2) is 0 Å². The molecule has 46 nitrogen and oxygen atoms in total. The maximum atomic E-state index is 14.7. The van der Waals surface area contributed by atoms with E-state index in [0.29, 0.717) is 55.9 Å². The van der Waals surface area contributed by atoms with Crippen molar-refractivity contribution in [2.24, 2.45) is 22.0 Å². The molecule has 0 aliphatic carbocycles. The van der Waals surface area contributed by atoms with Crippen LogP contribution in [0.25, 0.3) is 0 Å². The number of primary amides is 1. The highest BCUT2D eigenvalue weighted by molar-refractivity contribution is 8.00. The number of nitrogens with one attached hydrogen (secondary N) is 16. The number of thioether (sulfide) groups is 1. The molecule has 0 saturated carbocycles. The molecule has 1 saturated heterocycles. The van der Waals surface area contributed by atoms with Gasteiger partial charge < -0.3 is 144 Å². The maximum absolute atomic E-state index is 14.7. The monoisotopic (exact) mass is 1950 g/mol. The minimum Gasteiger partial charge on any atom is -0.481 e. The molecule has 15 amide bonds. The molecule has 1 aromatic carbocycles. The largest absolute Gasteiger partial charge is 0.481 e. The molecule has 0 unspecified atom stereocenters. The summed E-state index contributed by atoms with van der Waals surface area (Å²) in [6.45, 7) is 14.8. The Kier molecular flexibility index (Phi) is 64.5. The third-order valence-electron chi connectivity index (χ3n) is 20.2. The first-order chi connectivity index (χ1) is 63.6. The summed E-state index contributed by atoms with van der Waals surface area (Å²) in [5.41, 5.74) is 5.38. The summed E-state index contributed by atoms with van der Waals surface area (Å²) in [6, 6.07) is -2.13. The number of nitrogens with two attached hydrogens (primary N) is 1. The van der Waals surface area contributed by atoms with Crippen molar-refractivity contribution in [3.8, 4) is 0 Å². The van der Waals surface area contributed by atoms with Crippen LogP contribution in [0.2, 0.25) is 0 Å². The Balaban J connectivity index is 2.18. The van der Waals surface area contributed by atoms with E-state index in [-0.39, 0.29) is 219 Å². The number of benzene rings is 1. The fourth-order valence-electron chi connectivity index (χ4n) is 12.1. The molecule has 7 atom stereocenters. The van der Waals surface area contributed by atoms with Crippen molar-refractivity contribution in [2.75, 3.05) is 188 Å². The van der Waals surface area contributed by atoms with E-state index in [1.54, 1.807) is 44.2 Å². The van der Waals surface area contributed by atoms with Gasteiger partial charge in [-0.2, -0.15) is 25.3 Å². The molecular formula is C84H143N19O27S3. The molecule has 0 radical (unpaired) electrons. The van der Waals surface area contributed by atoms with Crippen LogP contribution in [0, 0.1) is 5.92 Å². The van der Waals surface area contributed by atoms with E-state index in [4.69, 9.17) is 43.6 Å². The molecule has 0 bridgehead atoms. The average molecular weight is 1950 g/mol. The number of carbonyl (C=O) groups is 16. The van der Waals surface area contributed by atoms with E-state index in [9.17, 15) is 92.2 Å². The van der Waals surface area contributed by atoms with Gasteiger partial charge in [-0.05, 0) is 117 Å². The second-order valence-electron chi connectivity index (χ2n) is 31.8. The average Bonchev–Trinajstić information content (AvgIpc) is 0.997. The summed E-state index contributed by atoms with van der Waals surface area (Å²) in [6.07, 6.45) is 2.62. The predicted molar refractivity (Wildman–Crippen MR) is 496 cm³/mol. The number of rotatable bonds is 64. The van der Waals surface area contributed by atoms with Gasteiger partial charge in [-0.15, -0.1) is 11.8 Å². The third-order valence-corrected chi connectivity index (χ3v) is 22.0. The van der Waals surface area contributed by atoms with Gasteiger partial charge in [0.1, 0.15) is 68.7 Å². The van der Waals surface area contributed by atoms with Gasteiger partial charge in [0.15, 0.2) is 0 Å². The fourth-order valence-corrected chi connectivity index (χ4v) is 13.4. The lowest BCUT2D eigenvalue weighted by Crippen LogP contribution is -2.60. The molecule has 754 valence electrons. The van der Waals surface area contributed by atoms with Crippen LogP contribution < -0.4 is 90.8 Å². The van der Waals surface area contributed by atoms with E-state index in [0.717, 1.165) is 24.6 Å². The minimum absolute atomic E-state index is 0.0137. The van der Waals surface area contributed by atoms with Crippen LogP contribution in [0.4, 0.5) is 0 Å². The zero-order chi connectivity index (χ0) is 98.6. The maximum Gasteiger partial charge on any atom is 0.305 e. The number of ether oxygens (including phenoxy) is 8. The van der Waals surface area contributed by atoms with Gasteiger partial charge in [0.2, 0.25) is 88.6 Å². The molecule has 2 rings (SSSR count). The molecule has 1 heterocycles. The molecule has 21 N–H and O–H groups in total. The number of hydrogen-bond acceptors (Lipinski definition) is 33. The number of carbonyl (C=O) groups excluding carboxylic acids is 15. The van der Waals surface area contributed by atoms with E-state index >= 15 is 0 Å². The Morgan fingerprint density at radius 1 is 0.466 bits per heavy atom. The van der Waals surface area contributed by atoms with Crippen LogP contribution in [-0.2, 0) is 121 Å². The predicted octanol–water partition coefficient (Wildman–Crippen LogP) is -4.11. The number of carboxylic acid groups (broad SMARTS) is 1. The number of hydrogen-bond donors (Lipinski definition) is 22. The van der Waals surface area contributed by atoms with Crippen molar-refractivity contribution in [3.05, 3.63) is 35.9 Å². The standard InChI is InChI=1S/C84H143N19O27S3/c1-8-9-18-60-76(114)92-47-70(107)96-63(46-75(112)113)80(118)100-65(53-132)82(120)98-62(45-59-16-11-10-12-17-59)79(117)101-66(77(115)91-32-36-126-40-44-128-43-39-125-35-31-90-73(110)51-130-50-72(109)89-30-34-124-38-42-127-41-37-123-33-29-88-71(108)49-129-48-67(85)104)54-133-55-74(111)95-61(78(116)99-64(52-131)81(119)97-60)19-13-14-25-86-68(105)20-15-21-69(106)87-26-22-58(23-27-93-83(4,5)56(2)102-121)24-28-94-84(6,7)57(3)103-122/h10-12,16-17,58,60-66,93-94,121-122,131-132H,8-9,13-15,18-55H2,1-7H3,(H2,85,104)(H,86,105)(H,87,106)(H,88,108)(H,89,109)(H,90,110)(H,91,115)(H,92,114)(H,95,111)(H,96,107)(H,97,119)(H,98,120)(H,99,116)(H,100,118)(H,101,117)(H,112,113)/b102-56-,103-57-/t60-,61-,62-,63-,64-,65-,66-/m0/s1. The second-order valence-corrected chi connectivity index (χ2v) is 33.6. The first-order valence-electron chi connectivity index (χ1n) is 44.4. The lowest BCUT2D eigenvalue weighted by atomic mass is 9.94. The van der Waals surface area contributed by atoms with Crippen LogP contribution in [0.1, 0.15) is 138 Å². The number of carboxylic acids is 1. The molecule has 1 aliphatic heterocycles. The van der Waals surface area contributed by atoms with Crippen LogP contribution in [0.15, 0.2) is 40.6 Å². The molecule has 1 fully saturated rings. The number of oxime groups is 2. The minimum atomic E-state index is -1.84. The lowest BCUT2D eigenvalue weighted by molar-refractivity contribution is -0.141. The SMILES string of the molecule is CCCC[C@@H]1NC(=O)[C@H](CS)NC(=O)[C@H](CCCCNC(=O)CCCC(=O)NCCC(CCNC(C)(C)/C(C)=N\O)CCNC(C)(C)/C(C)=N\O)NC(=O)CSC[C@@H](C(=O)NCCOCCOCCOCCNC(=O)COCC(=O)NCCOCCOCCOCCNC(=O)COCC(N)=O)NC(=O)[C@H](Cc2ccccc2)NC(=O)[C@H](CS)NC(=O)[C@H](CC(=O)O)NC(=O)CNC1=O. The summed E-state index contributed by atoms with van der Waals surface area (Å²) >= 11 is 9.46. The highest BCUT2D eigenvalue weighted by Gasteiger charge is 2.35. The van der Waals surface area contributed by atoms with Crippen molar-refractivity contribution >= 4 is 143 Å². The third kappa shape index (κ3) is 57.6. The number of unbranched alkanes of at least 4 members (excludes halogenated alkanes) is 2. The number of amides is 15. The Morgan fingerprint density at radius 3 is 1.35 bits per heavy atom. The Labute approximate surface area is 791 Å². The first-order valence-corrected chi connectivity index (χ1v) is 46.8. The van der Waals surface area contributed by atoms with Gasteiger partial charge in [0, 0.05) is 75.8 Å². The number of nitrogens with zero attached hydrogens (tertiary/aromatic N) is 2. The quantitative estimate of drug-likeness (QED) is 0.00969. The summed E-state index contributed by atoms with van der Waals surface area (Å²) in [7, 11) is 0. The van der Waals surface area contributed by atoms with Crippen molar-refractivity contribution in [1.29, 1.82) is 0 Å². The van der Waals surface area contributed by atoms with Gasteiger partial charge in [0.05, 0.1) is 121 Å². The van der Waals surface area contributed by atoms with E-state index in [2.05, 4.69) is 121 Å². The molecule has 0 aromatic heterocycles. The summed E-state index contributed by atoms with van der Waals surface area (Å²) in [5, 5.41) is 78.5. The van der Waals surface area contributed by atoms with Crippen molar-refractivity contribution in [1.82, 2.24) is 85.1 Å². The fraction of sp³-hybridized carbons (Fsp3) is 0.714. The van der Waals surface area contributed by atoms with Crippen molar-refractivity contribution in [2.45, 2.75) is 192 Å². The van der Waals surface area contributed by atoms with Gasteiger partial charge in [-0.3, -0.25) is 76.7 Å². The van der Waals surface area contributed by atoms with Crippen LogP contribution in [0.3, 0.4) is 0 Å². The first kappa shape index (κ1) is 119. The number of aliphatic carboxylic acids is 1. The lowest BCUT2D eigenvalue weighted by Gasteiger charge is -2.28. The van der Waals surface area contributed by atoms with Crippen LogP contribution >= 0.6 is 37.0 Å². The molecule has 1 aromatic rings. The number of thiol groups is 2. The Bertz CT molecular complexity index is 3740. The van der Waals surface area contributed by atoms with Crippen molar-refractivity contribution < 1.29 is 130 Å². The molecule has 49 heteroatoms. The van der Waals surface area contributed by atoms with Gasteiger partial charge in [0.25, 0.3) is 0 Å². The molecule has 0 spiro atoms. The normalized spacial score (nSPS) is 18.1. The zero-order valence-corrected chi connectivity index (χ0v) is 79.9. The summed E-state index contributed by atoms with van der Waals surface area (Å²) < 4.78 is 43.0. The smallest absolute Gasteiger partial charge is 0.305 e. The van der Waals surface area contributed by atoms with Crippen LogP contribution in [0.5, 0.6) is 0 Å². The Morgan fingerprint density at radius 2 is 0.872 bits per heavy atom. The highest BCUT2D eigenvalue weighted by atomic mass is 32.2. The van der Waals surface area contributed by atoms with Gasteiger partial charge >= 0.3 is 5.97 Å². The molecular weight excluding hydrogens is 1800 g/mol. The highest BCUT2D eigenvalue weighted by Crippen LogP contribution is 2.17. The Hall–Kier alpha value is -9.67. The summed E-state index contributed by atoms with van der Waals surface area (Å²) in [4.78, 5) is 212. The van der Waals surface area contributed by atoms with Crippen LogP contribution in [-0.4, -0.2) is 363 Å².